The van der Waals surface area contributed by atoms with E-state index in [0.717, 1.165) is 24.3 Å². The van der Waals surface area contributed by atoms with Gasteiger partial charge >= 0.3 is 0 Å². The number of anilines is 1. The van der Waals surface area contributed by atoms with Gasteiger partial charge in [0.15, 0.2) is 0 Å². The lowest BCUT2D eigenvalue weighted by Crippen LogP contribution is -2.49. The van der Waals surface area contributed by atoms with Crippen LogP contribution < -0.4 is 4.90 Å². The molecule has 4 aliphatic rings. The molecule has 4 fully saturated rings. The number of aromatic nitrogens is 3. The molecule has 0 radical (unpaired) electrons. The smallest absolute Gasteiger partial charge is 0.133 e. The zero-order valence-electron chi connectivity index (χ0n) is 28.7. The summed E-state index contributed by atoms with van der Waals surface area (Å²) >= 11 is 0. The van der Waals surface area contributed by atoms with Crippen molar-refractivity contribution in [2.75, 3.05) is 11.4 Å². The van der Waals surface area contributed by atoms with Crippen molar-refractivity contribution in [1.29, 1.82) is 0 Å². The Labute approximate surface area is 273 Å². The molecule has 4 nitrogen and oxygen atoms in total. The molecule has 4 heteroatoms. The number of pyridine rings is 1. The van der Waals surface area contributed by atoms with Gasteiger partial charge in [0.25, 0.3) is 0 Å². The number of nitrogens with zero attached hydrogens (tertiary/aromatic N) is 4. The van der Waals surface area contributed by atoms with Gasteiger partial charge in [0.2, 0.25) is 0 Å². The lowest BCUT2D eigenvalue weighted by atomic mass is 9.51. The van der Waals surface area contributed by atoms with Crippen LogP contribution in [0.3, 0.4) is 0 Å². The first-order valence-corrected chi connectivity index (χ1v) is 17.8. The third kappa shape index (κ3) is 6.31. The Morgan fingerprint density at radius 3 is 2.42 bits per heavy atom. The van der Waals surface area contributed by atoms with Crippen LogP contribution in [0.2, 0.25) is 0 Å². The van der Waals surface area contributed by atoms with Crippen LogP contribution in [0.15, 0.2) is 73.9 Å². The average Bonchev–Trinajstić information content (AvgIpc) is 3.49. The van der Waals surface area contributed by atoms with Crippen molar-refractivity contribution in [1.82, 2.24) is 14.8 Å². The molecule has 0 N–H and O–H groups in total. The lowest BCUT2D eigenvalue weighted by Gasteiger charge is -2.55. The molecule has 2 unspecified atom stereocenters. The minimum absolute atomic E-state index is 0.233. The fourth-order valence-corrected chi connectivity index (χ4v) is 8.82. The first-order valence-electron chi connectivity index (χ1n) is 17.8. The Morgan fingerprint density at radius 1 is 1.02 bits per heavy atom. The summed E-state index contributed by atoms with van der Waals surface area (Å²) < 4.78 is 2.04. The van der Waals surface area contributed by atoms with Gasteiger partial charge in [-0.15, -0.1) is 6.58 Å². The number of hydrogen-bond donors (Lipinski definition) is 0. The predicted octanol–water partition coefficient (Wildman–Crippen LogP) is 10.8. The van der Waals surface area contributed by atoms with Crippen LogP contribution in [0.25, 0.3) is 11.1 Å². The van der Waals surface area contributed by atoms with Gasteiger partial charge in [-0.2, -0.15) is 5.10 Å². The summed E-state index contributed by atoms with van der Waals surface area (Å²) in [6.07, 6.45) is 23.2. The molecule has 4 saturated carbocycles. The quantitative estimate of drug-likeness (QED) is 0.170. The Morgan fingerprint density at radius 2 is 1.78 bits per heavy atom. The highest BCUT2D eigenvalue weighted by Crippen LogP contribution is 2.58. The Balaban J connectivity index is 1.28. The normalized spacial score (nSPS) is 28.2. The Hall–Kier alpha value is -3.14. The second-order valence-corrected chi connectivity index (χ2v) is 15.5. The second-order valence-electron chi connectivity index (χ2n) is 15.5. The van der Waals surface area contributed by atoms with Gasteiger partial charge < -0.3 is 4.90 Å². The summed E-state index contributed by atoms with van der Waals surface area (Å²) in [6, 6.07) is 12.1. The molecule has 2 bridgehead atoms. The first kappa shape index (κ1) is 31.8. The van der Waals surface area contributed by atoms with E-state index >= 15 is 0 Å². The molecule has 240 valence electrons. The third-order valence-electron chi connectivity index (χ3n) is 12.4. The van der Waals surface area contributed by atoms with Crippen molar-refractivity contribution in [3.8, 4) is 11.1 Å². The number of hydrogen-bond acceptors (Lipinski definition) is 3. The zero-order chi connectivity index (χ0) is 31.8. The number of benzene rings is 1. The average molecular weight is 605 g/mol. The largest absolute Gasteiger partial charge is 0.330 e. The molecular formula is C41H56N4. The van der Waals surface area contributed by atoms with E-state index in [1.54, 1.807) is 5.56 Å². The van der Waals surface area contributed by atoms with E-state index in [0.29, 0.717) is 22.8 Å². The lowest BCUT2D eigenvalue weighted by molar-refractivity contribution is 0.0460. The Kier molecular flexibility index (Phi) is 8.89. The highest BCUT2D eigenvalue weighted by molar-refractivity contribution is 5.66. The molecule has 2 aromatic heterocycles. The summed E-state index contributed by atoms with van der Waals surface area (Å²) in [5, 5.41) is 4.63. The first-order chi connectivity index (χ1) is 21.6. The molecule has 7 rings (SSSR count). The van der Waals surface area contributed by atoms with Gasteiger partial charge in [0.05, 0.1) is 6.20 Å². The molecule has 3 aromatic rings. The van der Waals surface area contributed by atoms with E-state index in [2.05, 4.69) is 93.8 Å². The van der Waals surface area contributed by atoms with E-state index in [1.165, 1.54) is 93.0 Å². The molecule has 0 aliphatic heterocycles. The molecule has 1 aromatic carbocycles. The summed E-state index contributed by atoms with van der Waals surface area (Å²) in [7, 11) is 0. The monoisotopic (exact) mass is 604 g/mol. The minimum Gasteiger partial charge on any atom is -0.330 e. The zero-order valence-corrected chi connectivity index (χ0v) is 28.7. The maximum atomic E-state index is 5.04. The fourth-order valence-electron chi connectivity index (χ4n) is 8.82. The van der Waals surface area contributed by atoms with E-state index in [4.69, 9.17) is 11.6 Å². The molecule has 0 saturated heterocycles. The van der Waals surface area contributed by atoms with Crippen LogP contribution >= 0.6 is 0 Å². The van der Waals surface area contributed by atoms with Gasteiger partial charge in [0.1, 0.15) is 5.82 Å². The number of allylic oxidation sites excluding steroid dienone is 2. The fraction of sp³-hybridized carbons (Fsp3) is 0.561. The molecule has 2 heterocycles. The van der Waals surface area contributed by atoms with Crippen LogP contribution in [0.5, 0.6) is 0 Å². The van der Waals surface area contributed by atoms with Gasteiger partial charge in [0, 0.05) is 36.2 Å². The van der Waals surface area contributed by atoms with Gasteiger partial charge in [-0.25, -0.2) is 4.98 Å². The van der Waals surface area contributed by atoms with Crippen LogP contribution in [-0.4, -0.2) is 21.3 Å². The molecule has 45 heavy (non-hydrogen) atoms. The maximum absolute atomic E-state index is 5.04. The summed E-state index contributed by atoms with van der Waals surface area (Å²) in [6.45, 7) is 21.4. The van der Waals surface area contributed by atoms with Crippen LogP contribution in [0.4, 0.5) is 5.82 Å². The highest BCUT2D eigenvalue weighted by Gasteiger charge is 2.50. The standard InChI is InChI=1S/C41H56N4/c1-8-33-12-13-37(25-31(33)5)41-21-18-40(19-22-41,20-23-41)29-44(32(6)34-11-10-16-39(7,9-2)17-14-34)38-26-35(15-24-42-38)36-27-43-45(28-36)30(3)4/h9,12-13,15,24-28,30,34H,2,6,8,10-11,14,16-23,29H2,1,3-5,7H3. The highest BCUT2D eigenvalue weighted by atomic mass is 15.3. The number of fused-ring (bicyclic) bond motifs is 3. The van der Waals surface area contributed by atoms with Crippen LogP contribution in [0.1, 0.15) is 121 Å². The molecule has 0 spiro atoms. The summed E-state index contributed by atoms with van der Waals surface area (Å²) in [4.78, 5) is 7.61. The van der Waals surface area contributed by atoms with E-state index in [-0.39, 0.29) is 5.41 Å². The third-order valence-corrected chi connectivity index (χ3v) is 12.4. The van der Waals surface area contributed by atoms with Gasteiger partial charge in [-0.05, 0) is 148 Å². The van der Waals surface area contributed by atoms with Crippen molar-refractivity contribution in [2.45, 2.75) is 123 Å². The SMILES string of the molecule is C=CC1(C)CCCC(C(=C)N(CC23CCC(c4ccc(CC)c(C)c4)(CC2)CC3)c2cc(-c3cnn(C(C)C)c3)ccn2)CC1. The topological polar surface area (TPSA) is 34.0 Å². The molecule has 0 amide bonds. The molecule has 2 atom stereocenters. The predicted molar refractivity (Wildman–Crippen MR) is 190 cm³/mol. The van der Waals surface area contributed by atoms with E-state index in [9.17, 15) is 0 Å². The molecule has 4 aliphatic carbocycles. The number of rotatable bonds is 10. The van der Waals surface area contributed by atoms with Gasteiger partial charge in [-0.3, -0.25) is 4.68 Å². The van der Waals surface area contributed by atoms with Crippen molar-refractivity contribution >= 4 is 5.82 Å². The van der Waals surface area contributed by atoms with Crippen molar-refractivity contribution < 1.29 is 0 Å². The van der Waals surface area contributed by atoms with Crippen molar-refractivity contribution in [3.63, 3.8) is 0 Å². The van der Waals surface area contributed by atoms with Crippen molar-refractivity contribution in [2.24, 2.45) is 16.7 Å². The Bertz CT molecular complexity index is 1500. The van der Waals surface area contributed by atoms with Crippen LogP contribution in [0, 0.1) is 23.7 Å². The number of aryl methyl sites for hydroxylation is 2. The van der Waals surface area contributed by atoms with Gasteiger partial charge in [-0.1, -0.05) is 51.1 Å². The van der Waals surface area contributed by atoms with Crippen molar-refractivity contribution in [3.05, 3.63) is 90.5 Å². The van der Waals surface area contributed by atoms with E-state index < -0.39 is 0 Å². The van der Waals surface area contributed by atoms with E-state index in [1.807, 2.05) is 17.1 Å². The molecular weight excluding hydrogens is 548 g/mol. The summed E-state index contributed by atoms with van der Waals surface area (Å²) in [5.41, 5.74) is 9.04. The van der Waals surface area contributed by atoms with Crippen LogP contribution in [-0.2, 0) is 11.8 Å². The summed E-state index contributed by atoms with van der Waals surface area (Å²) in [5.74, 6) is 1.52. The maximum Gasteiger partial charge on any atom is 0.133 e. The minimum atomic E-state index is 0.233. The second kappa shape index (κ2) is 12.6.